The average Bonchev–Trinajstić information content (AvgIpc) is 3.11. The molecule has 1 aliphatic heterocycles. The van der Waals surface area contributed by atoms with Crippen molar-refractivity contribution in [2.24, 2.45) is 5.92 Å². The van der Waals surface area contributed by atoms with Gasteiger partial charge in [-0.25, -0.2) is 0 Å². The Morgan fingerprint density at radius 1 is 1.47 bits per heavy atom. The van der Waals surface area contributed by atoms with Crippen LogP contribution in [0.4, 0.5) is 0 Å². The molecule has 2 heterocycles. The maximum Gasteiger partial charge on any atom is 0.249 e. The Hall–Kier alpha value is -1.92. The van der Waals surface area contributed by atoms with Gasteiger partial charge in [0.25, 0.3) is 0 Å². The number of piperazine rings is 1. The molecule has 1 unspecified atom stereocenters. The van der Waals surface area contributed by atoms with E-state index < -0.39 is 5.54 Å². The SMILES string of the molecule is Cc1nc(CN2CC(=O)NC(C)(C3CC3)C2=O)no1. The molecule has 102 valence electrons. The van der Waals surface area contributed by atoms with Gasteiger partial charge in [0.2, 0.25) is 17.7 Å². The Bertz CT molecular complexity index is 537. The topological polar surface area (TPSA) is 88.3 Å². The number of aromatic nitrogens is 2. The number of nitrogens with zero attached hydrogens (tertiary/aromatic N) is 3. The van der Waals surface area contributed by atoms with Gasteiger partial charge in [-0.05, 0) is 25.7 Å². The number of carbonyl (C=O) groups excluding carboxylic acids is 2. The molecule has 0 aromatic carbocycles. The summed E-state index contributed by atoms with van der Waals surface area (Å²) in [4.78, 5) is 29.9. The highest BCUT2D eigenvalue weighted by atomic mass is 16.5. The molecule has 1 N–H and O–H groups in total. The normalized spacial score (nSPS) is 27.6. The standard InChI is InChI=1S/C12H16N4O3/c1-7-13-9(15-19-7)5-16-6-10(17)14-12(2,11(16)18)8-3-4-8/h8H,3-6H2,1-2H3,(H,14,17). The second-order valence-corrected chi connectivity index (χ2v) is 5.42. The van der Waals surface area contributed by atoms with E-state index in [2.05, 4.69) is 15.5 Å². The Labute approximate surface area is 110 Å². The molecule has 2 aliphatic rings. The predicted molar refractivity (Wildman–Crippen MR) is 63.7 cm³/mol. The van der Waals surface area contributed by atoms with Crippen LogP contribution in [0.5, 0.6) is 0 Å². The molecule has 0 spiro atoms. The summed E-state index contributed by atoms with van der Waals surface area (Å²) in [6.45, 7) is 3.76. The molecule has 2 amide bonds. The molecule has 19 heavy (non-hydrogen) atoms. The summed E-state index contributed by atoms with van der Waals surface area (Å²) in [7, 11) is 0. The molecule has 1 saturated heterocycles. The maximum atomic E-state index is 12.5. The van der Waals surface area contributed by atoms with Gasteiger partial charge < -0.3 is 14.7 Å². The van der Waals surface area contributed by atoms with Crippen molar-refractivity contribution < 1.29 is 14.1 Å². The molecule has 0 radical (unpaired) electrons. The van der Waals surface area contributed by atoms with Crippen LogP contribution in [0.2, 0.25) is 0 Å². The summed E-state index contributed by atoms with van der Waals surface area (Å²) < 4.78 is 4.88. The van der Waals surface area contributed by atoms with Crippen molar-refractivity contribution in [2.45, 2.75) is 38.8 Å². The van der Waals surface area contributed by atoms with Crippen molar-refractivity contribution in [1.82, 2.24) is 20.4 Å². The molecule has 7 heteroatoms. The van der Waals surface area contributed by atoms with Crippen LogP contribution in [0.3, 0.4) is 0 Å². The number of nitrogens with one attached hydrogen (secondary N) is 1. The van der Waals surface area contributed by atoms with Crippen molar-refractivity contribution in [3.63, 3.8) is 0 Å². The van der Waals surface area contributed by atoms with E-state index in [4.69, 9.17) is 4.52 Å². The third-order valence-corrected chi connectivity index (χ3v) is 3.76. The second-order valence-electron chi connectivity index (χ2n) is 5.42. The molecule has 1 aromatic rings. The number of rotatable bonds is 3. The molecule has 1 saturated carbocycles. The van der Waals surface area contributed by atoms with E-state index in [-0.39, 0.29) is 30.8 Å². The Morgan fingerprint density at radius 3 is 2.79 bits per heavy atom. The lowest BCUT2D eigenvalue weighted by molar-refractivity contribution is -0.150. The highest BCUT2D eigenvalue weighted by Crippen LogP contribution is 2.41. The van der Waals surface area contributed by atoms with E-state index in [1.54, 1.807) is 13.8 Å². The van der Waals surface area contributed by atoms with Crippen LogP contribution in [0.1, 0.15) is 31.5 Å². The monoisotopic (exact) mass is 264 g/mol. The van der Waals surface area contributed by atoms with Crippen molar-refractivity contribution >= 4 is 11.8 Å². The quantitative estimate of drug-likeness (QED) is 0.830. The zero-order valence-corrected chi connectivity index (χ0v) is 11.0. The lowest BCUT2D eigenvalue weighted by Crippen LogP contribution is -2.66. The van der Waals surface area contributed by atoms with E-state index in [1.807, 2.05) is 0 Å². The highest BCUT2D eigenvalue weighted by molar-refractivity contribution is 5.98. The lowest BCUT2D eigenvalue weighted by atomic mass is 9.91. The highest BCUT2D eigenvalue weighted by Gasteiger charge is 2.52. The van der Waals surface area contributed by atoms with Gasteiger partial charge in [-0.3, -0.25) is 9.59 Å². The van der Waals surface area contributed by atoms with E-state index in [1.165, 1.54) is 4.90 Å². The molecule has 2 fully saturated rings. The average molecular weight is 264 g/mol. The van der Waals surface area contributed by atoms with Crippen LogP contribution < -0.4 is 5.32 Å². The van der Waals surface area contributed by atoms with Crippen LogP contribution in [0.15, 0.2) is 4.52 Å². The van der Waals surface area contributed by atoms with Gasteiger partial charge in [0, 0.05) is 6.92 Å². The third-order valence-electron chi connectivity index (χ3n) is 3.76. The molecule has 7 nitrogen and oxygen atoms in total. The van der Waals surface area contributed by atoms with Crippen LogP contribution in [0.25, 0.3) is 0 Å². The summed E-state index contributed by atoms with van der Waals surface area (Å²) in [6, 6.07) is 0. The van der Waals surface area contributed by atoms with Crippen LogP contribution in [0, 0.1) is 12.8 Å². The van der Waals surface area contributed by atoms with Crippen LogP contribution >= 0.6 is 0 Å². The van der Waals surface area contributed by atoms with Gasteiger partial charge >= 0.3 is 0 Å². The second kappa shape index (κ2) is 4.04. The molecule has 1 atom stereocenters. The summed E-state index contributed by atoms with van der Waals surface area (Å²) in [5.41, 5.74) is -0.770. The zero-order valence-electron chi connectivity index (χ0n) is 11.0. The van der Waals surface area contributed by atoms with E-state index in [9.17, 15) is 9.59 Å². The van der Waals surface area contributed by atoms with Gasteiger partial charge in [-0.15, -0.1) is 0 Å². The van der Waals surface area contributed by atoms with Gasteiger partial charge in [0.05, 0.1) is 6.54 Å². The number of hydrogen-bond acceptors (Lipinski definition) is 5. The fourth-order valence-corrected chi connectivity index (χ4v) is 2.60. The fourth-order valence-electron chi connectivity index (χ4n) is 2.60. The number of amides is 2. The summed E-state index contributed by atoms with van der Waals surface area (Å²) >= 11 is 0. The smallest absolute Gasteiger partial charge is 0.249 e. The van der Waals surface area contributed by atoms with E-state index in [0.717, 1.165) is 12.8 Å². The van der Waals surface area contributed by atoms with E-state index in [0.29, 0.717) is 11.7 Å². The molecular weight excluding hydrogens is 248 g/mol. The summed E-state index contributed by atoms with van der Waals surface area (Å²) in [5.74, 6) is 0.942. The first kappa shape index (κ1) is 12.1. The summed E-state index contributed by atoms with van der Waals surface area (Å²) in [6.07, 6.45) is 1.97. The fraction of sp³-hybridized carbons (Fsp3) is 0.667. The van der Waals surface area contributed by atoms with Crippen molar-refractivity contribution in [3.05, 3.63) is 11.7 Å². The number of hydrogen-bond donors (Lipinski definition) is 1. The first-order valence-corrected chi connectivity index (χ1v) is 6.38. The first-order chi connectivity index (χ1) is 8.99. The van der Waals surface area contributed by atoms with Gasteiger partial charge in [0.1, 0.15) is 12.1 Å². The molecule has 1 aromatic heterocycles. The van der Waals surface area contributed by atoms with Gasteiger partial charge in [-0.2, -0.15) is 4.98 Å². The zero-order chi connectivity index (χ0) is 13.6. The van der Waals surface area contributed by atoms with Crippen LogP contribution in [-0.2, 0) is 16.1 Å². The van der Waals surface area contributed by atoms with Crippen molar-refractivity contribution in [1.29, 1.82) is 0 Å². The van der Waals surface area contributed by atoms with Gasteiger partial charge in [0.15, 0.2) is 5.82 Å². The third kappa shape index (κ3) is 2.09. The van der Waals surface area contributed by atoms with Crippen LogP contribution in [-0.4, -0.2) is 38.9 Å². The number of aryl methyl sites for hydroxylation is 1. The Morgan fingerprint density at radius 2 is 2.21 bits per heavy atom. The molecule has 3 rings (SSSR count). The first-order valence-electron chi connectivity index (χ1n) is 6.38. The predicted octanol–water partition coefficient (Wildman–Crippen LogP) is 0.00512. The van der Waals surface area contributed by atoms with E-state index >= 15 is 0 Å². The Kier molecular flexibility index (Phi) is 2.58. The minimum absolute atomic E-state index is 0.0503. The molecule has 1 aliphatic carbocycles. The van der Waals surface area contributed by atoms with Crippen molar-refractivity contribution in [3.8, 4) is 0 Å². The lowest BCUT2D eigenvalue weighted by Gasteiger charge is -2.39. The maximum absolute atomic E-state index is 12.5. The summed E-state index contributed by atoms with van der Waals surface area (Å²) in [5, 5.41) is 6.60. The largest absolute Gasteiger partial charge is 0.340 e. The Balaban J connectivity index is 1.80. The number of carbonyl (C=O) groups is 2. The molecular formula is C12H16N4O3. The molecule has 0 bridgehead atoms. The van der Waals surface area contributed by atoms with Gasteiger partial charge in [-0.1, -0.05) is 5.16 Å². The minimum Gasteiger partial charge on any atom is -0.340 e. The van der Waals surface area contributed by atoms with Crippen molar-refractivity contribution in [2.75, 3.05) is 6.54 Å². The minimum atomic E-state index is -0.770.